The van der Waals surface area contributed by atoms with Crippen LogP contribution in [0, 0.1) is 0 Å². The summed E-state index contributed by atoms with van der Waals surface area (Å²) in [6.45, 7) is 8.64. The van der Waals surface area contributed by atoms with Crippen LogP contribution in [0.15, 0.2) is 36.4 Å². The van der Waals surface area contributed by atoms with Crippen molar-refractivity contribution >= 4 is 0 Å². The summed E-state index contributed by atoms with van der Waals surface area (Å²) in [5.74, 6) is -0.216. The molecule has 0 radical (unpaired) electrons. The van der Waals surface area contributed by atoms with Crippen molar-refractivity contribution in [3.05, 3.63) is 42.0 Å². The predicted molar refractivity (Wildman–Crippen MR) is 69.0 cm³/mol. The number of hydrogen-bond acceptors (Lipinski definition) is 2. The Morgan fingerprint density at radius 3 is 2.32 bits per heavy atom. The third kappa shape index (κ3) is 5.34. The first-order valence-electron chi connectivity index (χ1n) is 6.08. The summed E-state index contributed by atoms with van der Waals surface area (Å²) in [6.07, 6.45) is -3.69. The van der Waals surface area contributed by atoms with E-state index in [4.69, 9.17) is 0 Å². The van der Waals surface area contributed by atoms with Gasteiger partial charge in [0, 0.05) is 0 Å². The molecule has 1 aromatic carbocycles. The molecule has 19 heavy (non-hydrogen) atoms. The molecule has 0 saturated carbocycles. The van der Waals surface area contributed by atoms with E-state index in [-0.39, 0.29) is 11.8 Å². The second-order valence-electron chi connectivity index (χ2n) is 4.35. The van der Waals surface area contributed by atoms with Crippen LogP contribution in [0.25, 0.3) is 0 Å². The number of benzene rings is 1. The Kier molecular flexibility index (Phi) is 5.42. The molecule has 1 rings (SSSR count). The van der Waals surface area contributed by atoms with Crippen LogP contribution in [0.4, 0.5) is 13.2 Å². The van der Waals surface area contributed by atoms with Gasteiger partial charge >= 0.3 is 6.36 Å². The maximum absolute atomic E-state index is 12.0. The quantitative estimate of drug-likeness (QED) is 0.784. The molecule has 0 fully saturated rings. The minimum atomic E-state index is -4.66. The molecule has 0 saturated heterocycles. The monoisotopic (exact) mass is 273 g/mol. The van der Waals surface area contributed by atoms with Crippen LogP contribution in [0.2, 0.25) is 0 Å². The highest BCUT2D eigenvalue weighted by Gasteiger charge is 2.31. The number of nitrogens with one attached hydrogen (secondary N) is 1. The Morgan fingerprint density at radius 2 is 1.89 bits per heavy atom. The van der Waals surface area contributed by atoms with Crippen molar-refractivity contribution in [3.63, 3.8) is 0 Å². The summed E-state index contributed by atoms with van der Waals surface area (Å²) in [5.41, 5.74) is 1.79. The summed E-state index contributed by atoms with van der Waals surface area (Å²) in [5, 5.41) is 3.29. The zero-order valence-corrected chi connectivity index (χ0v) is 11.1. The standard InChI is InChI=1S/C14H18F3NO/c1-4-9-18-13(10(2)3)11-5-7-12(8-6-11)19-14(15,16)17/h5-8,13,18H,2,4,9H2,1,3H3. The minimum absolute atomic E-state index is 0.0557. The topological polar surface area (TPSA) is 21.3 Å². The summed E-state index contributed by atoms with van der Waals surface area (Å²) < 4.78 is 40.0. The Hall–Kier alpha value is -1.49. The molecular formula is C14H18F3NO. The SMILES string of the molecule is C=C(C)C(NCCC)c1ccc(OC(F)(F)F)cc1. The maximum Gasteiger partial charge on any atom is 0.573 e. The van der Waals surface area contributed by atoms with E-state index >= 15 is 0 Å². The van der Waals surface area contributed by atoms with E-state index in [1.54, 1.807) is 12.1 Å². The van der Waals surface area contributed by atoms with Crippen LogP contribution in [-0.4, -0.2) is 12.9 Å². The lowest BCUT2D eigenvalue weighted by Crippen LogP contribution is -2.23. The summed E-state index contributed by atoms with van der Waals surface area (Å²) >= 11 is 0. The van der Waals surface area contributed by atoms with Crippen LogP contribution < -0.4 is 10.1 Å². The Bertz CT molecular complexity index is 412. The highest BCUT2D eigenvalue weighted by atomic mass is 19.4. The molecule has 0 spiro atoms. The molecule has 0 aliphatic heterocycles. The van der Waals surface area contributed by atoms with Gasteiger partial charge in [-0.25, -0.2) is 0 Å². The van der Waals surface area contributed by atoms with Gasteiger partial charge in [0.25, 0.3) is 0 Å². The van der Waals surface area contributed by atoms with Crippen molar-refractivity contribution in [2.45, 2.75) is 32.7 Å². The molecule has 0 bridgehead atoms. The van der Waals surface area contributed by atoms with Gasteiger partial charge in [0.1, 0.15) is 5.75 Å². The number of alkyl halides is 3. The molecule has 0 aliphatic carbocycles. The van der Waals surface area contributed by atoms with Gasteiger partial charge in [0.15, 0.2) is 0 Å². The van der Waals surface area contributed by atoms with E-state index in [1.165, 1.54) is 12.1 Å². The van der Waals surface area contributed by atoms with Crippen molar-refractivity contribution in [1.82, 2.24) is 5.32 Å². The molecule has 5 heteroatoms. The zero-order valence-electron chi connectivity index (χ0n) is 11.1. The van der Waals surface area contributed by atoms with Crippen LogP contribution in [0.1, 0.15) is 31.9 Å². The van der Waals surface area contributed by atoms with E-state index in [0.29, 0.717) is 0 Å². The fourth-order valence-corrected chi connectivity index (χ4v) is 1.73. The number of rotatable bonds is 6. The minimum Gasteiger partial charge on any atom is -0.406 e. The predicted octanol–water partition coefficient (Wildman–Crippen LogP) is 4.20. The van der Waals surface area contributed by atoms with Crippen LogP contribution in [-0.2, 0) is 0 Å². The molecule has 1 aromatic rings. The van der Waals surface area contributed by atoms with Crippen molar-refractivity contribution in [1.29, 1.82) is 0 Å². The van der Waals surface area contributed by atoms with Gasteiger partial charge in [0.05, 0.1) is 6.04 Å². The second kappa shape index (κ2) is 6.61. The first-order chi connectivity index (χ1) is 8.83. The lowest BCUT2D eigenvalue weighted by atomic mass is 10.0. The lowest BCUT2D eigenvalue weighted by molar-refractivity contribution is -0.274. The molecule has 1 atom stereocenters. The van der Waals surface area contributed by atoms with Gasteiger partial charge < -0.3 is 10.1 Å². The van der Waals surface area contributed by atoms with E-state index in [0.717, 1.165) is 24.1 Å². The number of halogens is 3. The normalized spacial score (nSPS) is 13.1. The molecule has 0 heterocycles. The summed E-state index contributed by atoms with van der Waals surface area (Å²) in [4.78, 5) is 0. The molecular weight excluding hydrogens is 255 g/mol. The number of hydrogen-bond donors (Lipinski definition) is 1. The molecule has 0 amide bonds. The van der Waals surface area contributed by atoms with Gasteiger partial charge in [-0.3, -0.25) is 0 Å². The molecule has 0 aliphatic rings. The third-order valence-electron chi connectivity index (χ3n) is 2.54. The first-order valence-corrected chi connectivity index (χ1v) is 6.08. The van der Waals surface area contributed by atoms with E-state index < -0.39 is 6.36 Å². The fraction of sp³-hybridized carbons (Fsp3) is 0.429. The van der Waals surface area contributed by atoms with Crippen molar-refractivity contribution in [2.24, 2.45) is 0 Å². The second-order valence-corrected chi connectivity index (χ2v) is 4.35. The van der Waals surface area contributed by atoms with Gasteiger partial charge in [0.2, 0.25) is 0 Å². The fourth-order valence-electron chi connectivity index (χ4n) is 1.73. The lowest BCUT2D eigenvalue weighted by Gasteiger charge is -2.19. The largest absolute Gasteiger partial charge is 0.573 e. The Morgan fingerprint density at radius 1 is 1.32 bits per heavy atom. The van der Waals surface area contributed by atoms with Gasteiger partial charge in [-0.05, 0) is 37.6 Å². The summed E-state index contributed by atoms with van der Waals surface area (Å²) in [7, 11) is 0. The average molecular weight is 273 g/mol. The molecule has 1 N–H and O–H groups in total. The Labute approximate surface area is 111 Å². The first kappa shape index (κ1) is 15.6. The third-order valence-corrected chi connectivity index (χ3v) is 2.54. The average Bonchev–Trinajstić information content (AvgIpc) is 2.29. The summed E-state index contributed by atoms with van der Waals surface area (Å²) in [6, 6.07) is 5.80. The van der Waals surface area contributed by atoms with E-state index in [9.17, 15) is 13.2 Å². The molecule has 1 unspecified atom stereocenters. The maximum atomic E-state index is 12.0. The van der Waals surface area contributed by atoms with Crippen LogP contribution in [0.3, 0.4) is 0 Å². The molecule has 0 aromatic heterocycles. The van der Waals surface area contributed by atoms with Crippen LogP contribution >= 0.6 is 0 Å². The Balaban J connectivity index is 2.80. The van der Waals surface area contributed by atoms with E-state index in [1.807, 2.05) is 13.8 Å². The molecule has 2 nitrogen and oxygen atoms in total. The smallest absolute Gasteiger partial charge is 0.406 e. The number of ether oxygens (including phenoxy) is 1. The highest BCUT2D eigenvalue weighted by Crippen LogP contribution is 2.26. The van der Waals surface area contributed by atoms with Crippen molar-refractivity contribution in [2.75, 3.05) is 6.54 Å². The van der Waals surface area contributed by atoms with Crippen molar-refractivity contribution in [3.8, 4) is 5.75 Å². The van der Waals surface area contributed by atoms with Crippen LogP contribution in [0.5, 0.6) is 5.75 Å². The van der Waals surface area contributed by atoms with Crippen molar-refractivity contribution < 1.29 is 17.9 Å². The highest BCUT2D eigenvalue weighted by molar-refractivity contribution is 5.32. The van der Waals surface area contributed by atoms with E-state index in [2.05, 4.69) is 16.6 Å². The molecule has 106 valence electrons. The van der Waals surface area contributed by atoms with Gasteiger partial charge in [-0.1, -0.05) is 31.2 Å². The zero-order chi connectivity index (χ0) is 14.5. The van der Waals surface area contributed by atoms with Gasteiger partial charge in [-0.2, -0.15) is 0 Å². The van der Waals surface area contributed by atoms with Gasteiger partial charge in [-0.15, -0.1) is 13.2 Å².